The topological polar surface area (TPSA) is 52.6 Å². The lowest BCUT2D eigenvalue weighted by Crippen LogP contribution is -2.37. The van der Waals surface area contributed by atoms with Crippen LogP contribution < -0.4 is 0 Å². The minimum Gasteiger partial charge on any atom is -0.462 e. The van der Waals surface area contributed by atoms with Crippen LogP contribution in [0.4, 0.5) is 0 Å². The van der Waals surface area contributed by atoms with Gasteiger partial charge in [0.2, 0.25) is 0 Å². The maximum Gasteiger partial charge on any atom is 0.310 e. The van der Waals surface area contributed by atoms with Crippen LogP contribution >= 0.6 is 0 Å². The van der Waals surface area contributed by atoms with Gasteiger partial charge in [0, 0.05) is 6.42 Å². The highest BCUT2D eigenvalue weighted by Gasteiger charge is 2.29. The molecule has 0 saturated carbocycles. The Morgan fingerprint density at radius 3 is 2.92 bits per heavy atom. The molecule has 0 spiro atoms. The fraction of sp³-hybridized carbons (Fsp3) is 0.750. The number of cyclic esters (lactones) is 1. The minimum atomic E-state index is -0.222. The van der Waals surface area contributed by atoms with Crippen molar-refractivity contribution in [2.24, 2.45) is 0 Å². The van der Waals surface area contributed by atoms with Gasteiger partial charge in [0.15, 0.2) is 0 Å². The minimum absolute atomic E-state index is 0.196. The molecule has 1 rings (SSSR count). The summed E-state index contributed by atoms with van der Waals surface area (Å²) in [5, 5.41) is 0. The molecule has 68 valence electrons. The zero-order valence-electron chi connectivity index (χ0n) is 7.04. The summed E-state index contributed by atoms with van der Waals surface area (Å²) in [4.78, 5) is 21.1. The molecule has 0 amide bonds. The summed E-state index contributed by atoms with van der Waals surface area (Å²) in [6.07, 6.45) is 1.39. The molecular formula is C8H12O4. The second-order valence-corrected chi connectivity index (χ2v) is 2.75. The molecule has 0 radical (unpaired) electrons. The van der Waals surface area contributed by atoms with Gasteiger partial charge >= 0.3 is 11.9 Å². The molecule has 1 heterocycles. The van der Waals surface area contributed by atoms with Crippen LogP contribution in [-0.4, -0.2) is 24.6 Å². The first-order valence-electron chi connectivity index (χ1n) is 4.07. The number of rotatable bonds is 4. The van der Waals surface area contributed by atoms with Gasteiger partial charge in [0.05, 0.1) is 6.42 Å². The van der Waals surface area contributed by atoms with E-state index in [0.29, 0.717) is 12.8 Å². The molecule has 0 aromatic rings. The van der Waals surface area contributed by atoms with Crippen LogP contribution in [0.3, 0.4) is 0 Å². The third-order valence-corrected chi connectivity index (χ3v) is 1.58. The number of carbonyl (C=O) groups excluding carboxylic acids is 2. The second-order valence-electron chi connectivity index (χ2n) is 2.75. The first-order valence-corrected chi connectivity index (χ1v) is 4.07. The van der Waals surface area contributed by atoms with Crippen molar-refractivity contribution in [1.82, 2.24) is 0 Å². The lowest BCUT2D eigenvalue weighted by Gasteiger charge is -2.24. The van der Waals surface area contributed by atoms with Crippen LogP contribution in [0, 0.1) is 0 Å². The summed E-state index contributed by atoms with van der Waals surface area (Å²) < 4.78 is 9.47. The summed E-state index contributed by atoms with van der Waals surface area (Å²) in [5.41, 5.74) is 0. The number of carbonyl (C=O) groups is 2. The highest BCUT2D eigenvalue weighted by atomic mass is 16.6. The Bertz CT molecular complexity index is 179. The van der Waals surface area contributed by atoms with Crippen molar-refractivity contribution in [1.29, 1.82) is 0 Å². The molecule has 4 heteroatoms. The predicted molar refractivity (Wildman–Crippen MR) is 40.4 cm³/mol. The molecule has 1 fully saturated rings. The molecule has 1 atom stereocenters. The van der Waals surface area contributed by atoms with Gasteiger partial charge in [-0.3, -0.25) is 9.59 Å². The second kappa shape index (κ2) is 4.09. The summed E-state index contributed by atoms with van der Waals surface area (Å²) in [7, 11) is 0. The van der Waals surface area contributed by atoms with Crippen LogP contribution in [0.2, 0.25) is 0 Å². The van der Waals surface area contributed by atoms with Crippen LogP contribution in [0.1, 0.15) is 26.2 Å². The quantitative estimate of drug-likeness (QED) is 0.584. The van der Waals surface area contributed by atoms with Gasteiger partial charge in [-0.1, -0.05) is 6.92 Å². The van der Waals surface area contributed by atoms with E-state index >= 15 is 0 Å². The summed E-state index contributed by atoms with van der Waals surface area (Å²) in [6.45, 7) is 2.12. The van der Waals surface area contributed by atoms with Crippen molar-refractivity contribution in [3.8, 4) is 0 Å². The van der Waals surface area contributed by atoms with Gasteiger partial charge in [-0.15, -0.1) is 0 Å². The maximum absolute atomic E-state index is 10.8. The van der Waals surface area contributed by atoms with Crippen molar-refractivity contribution in [2.75, 3.05) is 6.61 Å². The summed E-state index contributed by atoms with van der Waals surface area (Å²) in [5.74, 6) is -0.438. The molecule has 0 aromatic heterocycles. The van der Waals surface area contributed by atoms with E-state index in [1.165, 1.54) is 0 Å². The van der Waals surface area contributed by atoms with Gasteiger partial charge in [0.25, 0.3) is 0 Å². The Kier molecular flexibility index (Phi) is 3.08. The van der Waals surface area contributed by atoms with Crippen molar-refractivity contribution >= 4 is 11.9 Å². The van der Waals surface area contributed by atoms with E-state index in [4.69, 9.17) is 4.74 Å². The Hall–Kier alpha value is -1.06. The molecule has 0 aliphatic carbocycles. The summed E-state index contributed by atoms with van der Waals surface area (Å²) in [6, 6.07) is 0. The first-order chi connectivity index (χ1) is 5.72. The molecule has 1 aliphatic heterocycles. The fourth-order valence-corrected chi connectivity index (χ4v) is 0.917. The van der Waals surface area contributed by atoms with E-state index in [0.717, 1.165) is 6.42 Å². The Morgan fingerprint density at radius 1 is 1.75 bits per heavy atom. The standard InChI is InChI=1S/C8H12O4/c1-2-3-7(9)11-5-6-4-8(10)12-6/h6H,2-5H2,1H3. The van der Waals surface area contributed by atoms with Gasteiger partial charge in [0.1, 0.15) is 12.7 Å². The number of hydrogen-bond acceptors (Lipinski definition) is 4. The SMILES string of the molecule is CCCC(=O)OCC1CC(=O)O1. The molecule has 1 unspecified atom stereocenters. The van der Waals surface area contributed by atoms with Gasteiger partial charge in [-0.2, -0.15) is 0 Å². The van der Waals surface area contributed by atoms with E-state index in [1.807, 2.05) is 6.92 Å². The van der Waals surface area contributed by atoms with Gasteiger partial charge in [-0.05, 0) is 6.42 Å². The zero-order chi connectivity index (χ0) is 8.97. The Labute approximate surface area is 70.8 Å². The first kappa shape index (κ1) is 9.03. The predicted octanol–water partition coefficient (Wildman–Crippen LogP) is 0.645. The smallest absolute Gasteiger partial charge is 0.310 e. The molecule has 1 saturated heterocycles. The number of esters is 2. The monoisotopic (exact) mass is 172 g/mol. The van der Waals surface area contributed by atoms with E-state index in [1.54, 1.807) is 0 Å². The molecule has 0 aromatic carbocycles. The van der Waals surface area contributed by atoms with E-state index < -0.39 is 0 Å². The largest absolute Gasteiger partial charge is 0.462 e. The van der Waals surface area contributed by atoms with Crippen molar-refractivity contribution in [3.05, 3.63) is 0 Å². The molecule has 4 nitrogen and oxygen atoms in total. The molecular weight excluding hydrogens is 160 g/mol. The normalized spacial score (nSPS) is 21.1. The maximum atomic E-state index is 10.8. The molecule has 0 N–H and O–H groups in total. The number of ether oxygens (including phenoxy) is 2. The van der Waals surface area contributed by atoms with Crippen molar-refractivity contribution < 1.29 is 19.1 Å². The van der Waals surface area contributed by atoms with Crippen LogP contribution in [-0.2, 0) is 19.1 Å². The lowest BCUT2D eigenvalue weighted by molar-refractivity contribution is -0.178. The van der Waals surface area contributed by atoms with Crippen LogP contribution in [0.15, 0.2) is 0 Å². The van der Waals surface area contributed by atoms with Gasteiger partial charge < -0.3 is 9.47 Å². The zero-order valence-corrected chi connectivity index (χ0v) is 7.04. The molecule has 12 heavy (non-hydrogen) atoms. The highest BCUT2D eigenvalue weighted by molar-refractivity contribution is 5.75. The van der Waals surface area contributed by atoms with E-state index in [2.05, 4.69) is 4.74 Å². The number of hydrogen-bond donors (Lipinski definition) is 0. The van der Waals surface area contributed by atoms with Crippen molar-refractivity contribution in [2.45, 2.75) is 32.3 Å². The Morgan fingerprint density at radius 2 is 2.42 bits per heavy atom. The van der Waals surface area contributed by atoms with E-state index in [9.17, 15) is 9.59 Å². The lowest BCUT2D eigenvalue weighted by atomic mass is 10.2. The average Bonchev–Trinajstić information content (AvgIpc) is 1.96. The highest BCUT2D eigenvalue weighted by Crippen LogP contribution is 2.13. The van der Waals surface area contributed by atoms with E-state index in [-0.39, 0.29) is 24.6 Å². The van der Waals surface area contributed by atoms with Crippen LogP contribution in [0.25, 0.3) is 0 Å². The average molecular weight is 172 g/mol. The fourth-order valence-electron chi connectivity index (χ4n) is 0.917. The molecule has 1 aliphatic rings. The Balaban J connectivity index is 2.02. The summed E-state index contributed by atoms with van der Waals surface area (Å²) >= 11 is 0. The molecule has 0 bridgehead atoms. The third kappa shape index (κ3) is 2.53. The third-order valence-electron chi connectivity index (χ3n) is 1.58. The van der Waals surface area contributed by atoms with Crippen molar-refractivity contribution in [3.63, 3.8) is 0 Å². The van der Waals surface area contributed by atoms with Crippen LogP contribution in [0.5, 0.6) is 0 Å². The van der Waals surface area contributed by atoms with Gasteiger partial charge in [-0.25, -0.2) is 0 Å².